The van der Waals surface area contributed by atoms with Crippen LogP contribution < -0.4 is 4.74 Å². The molecule has 2 fully saturated rings. The second kappa shape index (κ2) is 8.76. The lowest BCUT2D eigenvalue weighted by Gasteiger charge is -2.33. The molecule has 1 heterocycles. The predicted molar refractivity (Wildman–Crippen MR) is 99.8 cm³/mol. The molecule has 1 saturated carbocycles. The van der Waals surface area contributed by atoms with Gasteiger partial charge in [0.1, 0.15) is 5.75 Å². The molecule has 0 aromatic heterocycles. The quantitative estimate of drug-likeness (QED) is 0.796. The number of nitrogens with zero attached hydrogens (tertiary/aromatic N) is 1. The summed E-state index contributed by atoms with van der Waals surface area (Å²) < 4.78 is 6.10. The van der Waals surface area contributed by atoms with Crippen molar-refractivity contribution in [3.05, 3.63) is 28.8 Å². The lowest BCUT2D eigenvalue weighted by molar-refractivity contribution is -0.137. The summed E-state index contributed by atoms with van der Waals surface area (Å²) in [5.74, 6) is -0.00259. The number of carboxylic acid groups (broad SMARTS) is 1. The van der Waals surface area contributed by atoms with E-state index in [9.17, 15) is 9.59 Å². The molecule has 1 aromatic rings. The number of rotatable bonds is 6. The Kier molecular flexibility index (Phi) is 6.41. The third-order valence-electron chi connectivity index (χ3n) is 5.34. The summed E-state index contributed by atoms with van der Waals surface area (Å²) in [6.45, 7) is 1.29. The number of piperidine rings is 1. The highest BCUT2D eigenvalue weighted by Crippen LogP contribution is 2.31. The number of carbonyl (C=O) groups is 2. The van der Waals surface area contributed by atoms with Crippen LogP contribution in [-0.2, 0) is 4.79 Å². The third-order valence-corrected chi connectivity index (χ3v) is 5.58. The molecule has 1 N–H and O–H groups in total. The zero-order valence-corrected chi connectivity index (χ0v) is 15.7. The van der Waals surface area contributed by atoms with Gasteiger partial charge in [-0.3, -0.25) is 9.59 Å². The fourth-order valence-corrected chi connectivity index (χ4v) is 4.11. The SMILES string of the molecule is O=C(O)CCC1CCCN(C(=O)c2cc(Cl)ccc2OC2CCCC2)C1. The lowest BCUT2D eigenvalue weighted by Crippen LogP contribution is -2.40. The molecule has 0 spiro atoms. The van der Waals surface area contributed by atoms with Gasteiger partial charge in [0.15, 0.2) is 0 Å². The minimum Gasteiger partial charge on any atom is -0.490 e. The van der Waals surface area contributed by atoms with Gasteiger partial charge >= 0.3 is 5.97 Å². The Bertz CT molecular complexity index is 657. The van der Waals surface area contributed by atoms with E-state index in [1.165, 1.54) is 12.8 Å². The van der Waals surface area contributed by atoms with E-state index in [-0.39, 0.29) is 24.3 Å². The molecule has 5 nitrogen and oxygen atoms in total. The number of benzene rings is 1. The summed E-state index contributed by atoms with van der Waals surface area (Å²) in [4.78, 5) is 25.7. The lowest BCUT2D eigenvalue weighted by atomic mass is 9.93. The van der Waals surface area contributed by atoms with Crippen LogP contribution >= 0.6 is 11.6 Å². The third kappa shape index (κ3) is 4.91. The highest BCUT2D eigenvalue weighted by atomic mass is 35.5. The second-order valence-electron chi connectivity index (χ2n) is 7.36. The topological polar surface area (TPSA) is 66.8 Å². The van der Waals surface area contributed by atoms with Gasteiger partial charge in [0, 0.05) is 24.5 Å². The maximum atomic E-state index is 13.1. The fourth-order valence-electron chi connectivity index (χ4n) is 3.94. The predicted octanol–water partition coefficient (Wildman–Crippen LogP) is 4.38. The molecule has 1 saturated heterocycles. The van der Waals surface area contributed by atoms with Crippen LogP contribution in [0.5, 0.6) is 5.75 Å². The number of hydrogen-bond acceptors (Lipinski definition) is 3. The van der Waals surface area contributed by atoms with Crippen molar-refractivity contribution in [2.24, 2.45) is 5.92 Å². The normalized spacial score (nSPS) is 21.0. The summed E-state index contributed by atoms with van der Waals surface area (Å²) in [6.07, 6.45) is 7.19. The van der Waals surface area contributed by atoms with Crippen LogP contribution in [0.3, 0.4) is 0 Å². The van der Waals surface area contributed by atoms with Crippen molar-refractivity contribution in [3.8, 4) is 5.75 Å². The van der Waals surface area contributed by atoms with E-state index in [0.29, 0.717) is 35.8 Å². The second-order valence-corrected chi connectivity index (χ2v) is 7.79. The van der Waals surface area contributed by atoms with Gasteiger partial charge in [0.25, 0.3) is 5.91 Å². The minimum absolute atomic E-state index is 0.0690. The van der Waals surface area contributed by atoms with E-state index < -0.39 is 5.97 Å². The maximum Gasteiger partial charge on any atom is 0.303 e. The van der Waals surface area contributed by atoms with Gasteiger partial charge in [0.2, 0.25) is 0 Å². The summed E-state index contributed by atoms with van der Waals surface area (Å²) in [7, 11) is 0. The van der Waals surface area contributed by atoms with Crippen molar-refractivity contribution in [2.75, 3.05) is 13.1 Å². The first kappa shape index (κ1) is 19.0. The molecule has 1 aromatic carbocycles. The van der Waals surface area contributed by atoms with Crippen molar-refractivity contribution in [2.45, 2.75) is 57.5 Å². The number of hydrogen-bond donors (Lipinski definition) is 1. The highest BCUT2D eigenvalue weighted by Gasteiger charge is 2.28. The minimum atomic E-state index is -0.782. The molecule has 1 atom stereocenters. The Morgan fingerprint density at radius 3 is 2.69 bits per heavy atom. The summed E-state index contributed by atoms with van der Waals surface area (Å²) in [5.41, 5.74) is 0.517. The van der Waals surface area contributed by atoms with E-state index in [4.69, 9.17) is 21.4 Å². The van der Waals surface area contributed by atoms with Crippen LogP contribution in [0.15, 0.2) is 18.2 Å². The first-order chi connectivity index (χ1) is 12.5. The van der Waals surface area contributed by atoms with Crippen molar-refractivity contribution in [1.82, 2.24) is 4.90 Å². The zero-order valence-electron chi connectivity index (χ0n) is 15.0. The molecule has 0 radical (unpaired) electrons. The van der Waals surface area contributed by atoms with Crippen LogP contribution in [0, 0.1) is 5.92 Å². The standard InChI is InChI=1S/C20H26ClNO4/c21-15-8-9-18(26-16-5-1-2-6-16)17(12-15)20(25)22-11-3-4-14(13-22)7-10-19(23)24/h8-9,12,14,16H,1-7,10-11,13H2,(H,23,24). The van der Waals surface area contributed by atoms with E-state index in [0.717, 1.165) is 25.7 Å². The number of carbonyl (C=O) groups excluding carboxylic acids is 1. The Morgan fingerprint density at radius 2 is 1.96 bits per heavy atom. The highest BCUT2D eigenvalue weighted by molar-refractivity contribution is 6.31. The number of likely N-dealkylation sites (tertiary alicyclic amines) is 1. The average molecular weight is 380 g/mol. The molecule has 2 aliphatic rings. The zero-order chi connectivity index (χ0) is 18.5. The van der Waals surface area contributed by atoms with Crippen LogP contribution in [0.1, 0.15) is 61.7 Å². The first-order valence-corrected chi connectivity index (χ1v) is 9.88. The molecule has 26 heavy (non-hydrogen) atoms. The number of ether oxygens (including phenoxy) is 1. The van der Waals surface area contributed by atoms with E-state index in [2.05, 4.69) is 0 Å². The fraction of sp³-hybridized carbons (Fsp3) is 0.600. The van der Waals surface area contributed by atoms with E-state index in [1.807, 2.05) is 4.90 Å². The molecule has 0 bridgehead atoms. The number of amides is 1. The molecule has 1 unspecified atom stereocenters. The summed E-state index contributed by atoms with van der Waals surface area (Å²) >= 11 is 6.14. The largest absolute Gasteiger partial charge is 0.490 e. The van der Waals surface area contributed by atoms with Crippen molar-refractivity contribution < 1.29 is 19.4 Å². The van der Waals surface area contributed by atoms with Crippen molar-refractivity contribution >= 4 is 23.5 Å². The molecule has 1 amide bonds. The van der Waals surface area contributed by atoms with Gasteiger partial charge in [-0.1, -0.05) is 11.6 Å². The number of halogens is 1. The van der Waals surface area contributed by atoms with Crippen LogP contribution in [-0.4, -0.2) is 41.1 Å². The molecule has 1 aliphatic heterocycles. The Morgan fingerprint density at radius 1 is 1.19 bits per heavy atom. The van der Waals surface area contributed by atoms with Gasteiger partial charge in [-0.25, -0.2) is 0 Å². The Balaban J connectivity index is 1.71. The maximum absolute atomic E-state index is 13.1. The summed E-state index contributed by atoms with van der Waals surface area (Å²) in [5, 5.41) is 9.41. The smallest absolute Gasteiger partial charge is 0.303 e. The van der Waals surface area contributed by atoms with Crippen LogP contribution in [0.2, 0.25) is 5.02 Å². The van der Waals surface area contributed by atoms with E-state index >= 15 is 0 Å². The number of carboxylic acids is 1. The Hall–Kier alpha value is -1.75. The monoisotopic (exact) mass is 379 g/mol. The molecule has 3 rings (SSSR count). The summed E-state index contributed by atoms with van der Waals surface area (Å²) in [6, 6.07) is 5.24. The average Bonchev–Trinajstić information content (AvgIpc) is 3.14. The molecule has 6 heteroatoms. The molecule has 1 aliphatic carbocycles. The van der Waals surface area contributed by atoms with Gasteiger partial charge in [-0.2, -0.15) is 0 Å². The molecular formula is C20H26ClNO4. The van der Waals surface area contributed by atoms with E-state index in [1.54, 1.807) is 18.2 Å². The van der Waals surface area contributed by atoms with Crippen molar-refractivity contribution in [1.29, 1.82) is 0 Å². The number of aliphatic carboxylic acids is 1. The van der Waals surface area contributed by atoms with Gasteiger partial charge in [-0.15, -0.1) is 0 Å². The van der Waals surface area contributed by atoms with Gasteiger partial charge in [0.05, 0.1) is 11.7 Å². The Labute approximate surface area is 159 Å². The van der Waals surface area contributed by atoms with Crippen molar-refractivity contribution in [3.63, 3.8) is 0 Å². The molecular weight excluding hydrogens is 354 g/mol. The van der Waals surface area contributed by atoms with Gasteiger partial charge in [-0.05, 0) is 69.1 Å². The van der Waals surface area contributed by atoms with Gasteiger partial charge < -0.3 is 14.7 Å². The first-order valence-electron chi connectivity index (χ1n) is 9.50. The van der Waals surface area contributed by atoms with Crippen LogP contribution in [0.25, 0.3) is 0 Å². The van der Waals surface area contributed by atoms with Crippen LogP contribution in [0.4, 0.5) is 0 Å². The molecule has 142 valence electrons.